The van der Waals surface area contributed by atoms with Gasteiger partial charge in [-0.25, -0.2) is 0 Å². The highest BCUT2D eigenvalue weighted by molar-refractivity contribution is 6.13. The lowest BCUT2D eigenvalue weighted by Crippen LogP contribution is -2.48. The molecule has 0 aliphatic carbocycles. The van der Waals surface area contributed by atoms with Crippen LogP contribution in [0.1, 0.15) is 5.56 Å². The van der Waals surface area contributed by atoms with Gasteiger partial charge in [0.1, 0.15) is 0 Å². The molecule has 0 spiro atoms. The van der Waals surface area contributed by atoms with Crippen LogP contribution in [-0.4, -0.2) is 45.3 Å². The molecular formula is C16H20N2O5. The lowest BCUT2D eigenvalue weighted by Gasteiger charge is -2.28. The number of anilines is 1. The van der Waals surface area contributed by atoms with E-state index in [9.17, 15) is 4.79 Å². The van der Waals surface area contributed by atoms with Crippen LogP contribution in [-0.2, 0) is 36.6 Å². The number of rotatable bonds is 5. The summed E-state index contributed by atoms with van der Waals surface area (Å²) in [5, 5.41) is 0.897. The van der Waals surface area contributed by atoms with Crippen LogP contribution in [0.3, 0.4) is 0 Å². The number of nitrogens with zero attached hydrogens (tertiary/aromatic N) is 2. The van der Waals surface area contributed by atoms with Crippen molar-refractivity contribution in [2.45, 2.75) is 12.2 Å². The third-order valence-corrected chi connectivity index (χ3v) is 4.32. The third kappa shape index (κ3) is 1.94. The van der Waals surface area contributed by atoms with Crippen molar-refractivity contribution in [3.05, 3.63) is 30.0 Å². The Morgan fingerprint density at radius 2 is 1.70 bits per heavy atom. The minimum atomic E-state index is -1.51. The summed E-state index contributed by atoms with van der Waals surface area (Å²) in [6.45, 7) is 0. The van der Waals surface area contributed by atoms with Gasteiger partial charge in [0.2, 0.25) is 6.41 Å². The number of hydrogen-bond acceptors (Lipinski definition) is 5. The summed E-state index contributed by atoms with van der Waals surface area (Å²) in [6, 6.07) is 5.72. The van der Waals surface area contributed by atoms with Crippen LogP contribution in [0, 0.1) is 0 Å². The molecule has 0 saturated heterocycles. The number of ether oxygens (including phenoxy) is 4. The Labute approximate surface area is 134 Å². The van der Waals surface area contributed by atoms with E-state index in [2.05, 4.69) is 0 Å². The second kappa shape index (κ2) is 5.61. The molecule has 0 saturated carbocycles. The summed E-state index contributed by atoms with van der Waals surface area (Å²) < 4.78 is 23.6. The van der Waals surface area contributed by atoms with Crippen molar-refractivity contribution in [1.29, 1.82) is 0 Å². The summed E-state index contributed by atoms with van der Waals surface area (Å²) in [7, 11) is 7.79. The van der Waals surface area contributed by atoms with Crippen molar-refractivity contribution in [3.8, 4) is 0 Å². The van der Waals surface area contributed by atoms with Gasteiger partial charge in [0.05, 0.1) is 5.69 Å². The lowest BCUT2D eigenvalue weighted by molar-refractivity contribution is -0.213. The molecule has 0 N–H and O–H groups in total. The van der Waals surface area contributed by atoms with Crippen molar-refractivity contribution >= 4 is 22.5 Å². The summed E-state index contributed by atoms with van der Waals surface area (Å²) in [6.07, 6.45) is 1.06. The van der Waals surface area contributed by atoms with Gasteiger partial charge in [0.25, 0.3) is 11.7 Å². The van der Waals surface area contributed by atoms with Crippen LogP contribution in [0.5, 0.6) is 0 Å². The van der Waals surface area contributed by atoms with Gasteiger partial charge >= 0.3 is 0 Å². The number of aromatic nitrogens is 1. The normalized spacial score (nSPS) is 16.6. The van der Waals surface area contributed by atoms with Gasteiger partial charge in [-0.3, -0.25) is 9.69 Å². The first kappa shape index (κ1) is 15.9. The number of carbonyl (C=O) groups is 1. The predicted octanol–water partition coefficient (Wildman–Crippen LogP) is 1.55. The summed E-state index contributed by atoms with van der Waals surface area (Å²) in [5.74, 6) is -1.89. The van der Waals surface area contributed by atoms with Gasteiger partial charge in [-0.1, -0.05) is 0 Å². The summed E-state index contributed by atoms with van der Waals surface area (Å²) in [4.78, 5) is 14.5. The minimum Gasteiger partial charge on any atom is -0.350 e. The topological polar surface area (TPSA) is 62.2 Å². The fourth-order valence-electron chi connectivity index (χ4n) is 3.22. The maximum absolute atomic E-state index is 13.1. The Balaban J connectivity index is 2.35. The molecule has 124 valence electrons. The highest BCUT2D eigenvalue weighted by Gasteiger charge is 2.55. The number of amides is 1. The van der Waals surface area contributed by atoms with E-state index >= 15 is 0 Å². The molecule has 23 heavy (non-hydrogen) atoms. The molecule has 0 atom stereocenters. The van der Waals surface area contributed by atoms with Crippen LogP contribution in [0.15, 0.2) is 24.4 Å². The number of aryl methyl sites for hydroxylation is 1. The molecule has 0 bridgehead atoms. The molecule has 2 heterocycles. The second-order valence-electron chi connectivity index (χ2n) is 5.30. The zero-order chi connectivity index (χ0) is 16.8. The van der Waals surface area contributed by atoms with Crippen LogP contribution >= 0.6 is 0 Å². The molecule has 7 nitrogen and oxygen atoms in total. The van der Waals surface area contributed by atoms with Gasteiger partial charge in [-0.2, -0.15) is 0 Å². The van der Waals surface area contributed by atoms with Gasteiger partial charge in [0, 0.05) is 58.2 Å². The number of fused-ring (bicyclic) bond motifs is 3. The predicted molar refractivity (Wildman–Crippen MR) is 83.9 cm³/mol. The molecule has 0 unspecified atom stereocenters. The molecule has 2 aromatic rings. The van der Waals surface area contributed by atoms with Crippen LogP contribution in [0.4, 0.5) is 5.69 Å². The average molecular weight is 320 g/mol. The van der Waals surface area contributed by atoms with Gasteiger partial charge in [-0.05, 0) is 18.2 Å². The van der Waals surface area contributed by atoms with Crippen molar-refractivity contribution in [3.63, 3.8) is 0 Å². The zero-order valence-electron chi connectivity index (χ0n) is 13.8. The first-order valence-corrected chi connectivity index (χ1v) is 7.13. The van der Waals surface area contributed by atoms with Crippen LogP contribution < -0.4 is 4.90 Å². The Morgan fingerprint density at radius 3 is 2.26 bits per heavy atom. The first-order valence-electron chi connectivity index (χ1n) is 7.13. The monoisotopic (exact) mass is 320 g/mol. The van der Waals surface area contributed by atoms with E-state index in [1.165, 1.54) is 33.3 Å². The molecule has 7 heteroatoms. The molecule has 1 aromatic heterocycles. The van der Waals surface area contributed by atoms with E-state index in [1.807, 2.05) is 36.0 Å². The second-order valence-corrected chi connectivity index (χ2v) is 5.30. The van der Waals surface area contributed by atoms with Gasteiger partial charge in [-0.15, -0.1) is 0 Å². The first-order chi connectivity index (χ1) is 11.1. The van der Waals surface area contributed by atoms with E-state index in [0.717, 1.165) is 10.9 Å². The van der Waals surface area contributed by atoms with Crippen molar-refractivity contribution in [2.75, 3.05) is 33.3 Å². The maximum Gasteiger partial charge on any atom is 0.296 e. The van der Waals surface area contributed by atoms with Crippen molar-refractivity contribution in [2.24, 2.45) is 7.05 Å². The number of hydrogen-bond donors (Lipinski definition) is 0. The Hall–Kier alpha value is -1.93. The molecule has 3 rings (SSSR count). The van der Waals surface area contributed by atoms with Crippen molar-refractivity contribution in [1.82, 2.24) is 4.57 Å². The smallest absolute Gasteiger partial charge is 0.296 e. The Morgan fingerprint density at radius 1 is 1.04 bits per heavy atom. The molecular weight excluding hydrogens is 300 g/mol. The SMILES string of the molecule is COC(OC)N1C(=O)C(OC)(OC)c2ccc3c(ccn3C)c21. The van der Waals surface area contributed by atoms with Crippen molar-refractivity contribution < 1.29 is 23.7 Å². The highest BCUT2D eigenvalue weighted by atomic mass is 16.7. The average Bonchev–Trinajstić information content (AvgIpc) is 3.06. The molecule has 1 aliphatic rings. The maximum atomic E-state index is 13.1. The summed E-state index contributed by atoms with van der Waals surface area (Å²) >= 11 is 0. The van der Waals surface area contributed by atoms with E-state index in [1.54, 1.807) is 0 Å². The number of benzene rings is 1. The molecule has 1 aliphatic heterocycles. The zero-order valence-corrected chi connectivity index (χ0v) is 13.8. The standard InChI is InChI=1S/C16H20N2O5/c1-17-9-8-10-12(17)7-6-11-13(10)18(15(20-2)21-3)14(19)16(11,22-4)23-5/h6-9,15H,1-5H3. The number of methoxy groups -OCH3 is 4. The molecule has 1 aromatic carbocycles. The highest BCUT2D eigenvalue weighted by Crippen LogP contribution is 2.47. The van der Waals surface area contributed by atoms with E-state index in [-0.39, 0.29) is 5.91 Å². The number of carbonyl (C=O) groups excluding carboxylic acids is 1. The third-order valence-electron chi connectivity index (χ3n) is 4.32. The molecule has 0 radical (unpaired) electrons. The summed E-state index contributed by atoms with van der Waals surface area (Å²) in [5.41, 5.74) is 2.28. The quantitative estimate of drug-likeness (QED) is 0.782. The van der Waals surface area contributed by atoms with E-state index < -0.39 is 12.2 Å². The largest absolute Gasteiger partial charge is 0.350 e. The fourth-order valence-corrected chi connectivity index (χ4v) is 3.22. The molecule has 1 amide bonds. The Kier molecular flexibility index (Phi) is 3.89. The van der Waals surface area contributed by atoms with Gasteiger partial charge in [0.15, 0.2) is 0 Å². The fraction of sp³-hybridized carbons (Fsp3) is 0.438. The lowest BCUT2D eigenvalue weighted by atomic mass is 10.0. The van der Waals surface area contributed by atoms with E-state index in [4.69, 9.17) is 18.9 Å². The van der Waals surface area contributed by atoms with Crippen LogP contribution in [0.25, 0.3) is 10.9 Å². The molecule has 0 fully saturated rings. The Bertz CT molecular complexity index is 746. The van der Waals surface area contributed by atoms with E-state index in [0.29, 0.717) is 11.3 Å². The van der Waals surface area contributed by atoms with Gasteiger partial charge < -0.3 is 23.5 Å². The van der Waals surface area contributed by atoms with Crippen LogP contribution in [0.2, 0.25) is 0 Å². The minimum absolute atomic E-state index is 0.387.